The average molecular weight is 422 g/mol. The van der Waals surface area contributed by atoms with E-state index in [1.165, 1.54) is 11.6 Å². The van der Waals surface area contributed by atoms with Gasteiger partial charge in [-0.2, -0.15) is 0 Å². The summed E-state index contributed by atoms with van der Waals surface area (Å²) in [6, 6.07) is 14.5. The fourth-order valence-corrected chi connectivity index (χ4v) is 4.60. The first-order valence-corrected chi connectivity index (χ1v) is 10.8. The number of sulfone groups is 1. The number of amides is 1. The van der Waals surface area contributed by atoms with Gasteiger partial charge in [-0.25, -0.2) is 8.42 Å². The number of hydrogen-bond acceptors (Lipinski definition) is 3. The monoisotopic (exact) mass is 421 g/mol. The van der Waals surface area contributed by atoms with Gasteiger partial charge in [0.25, 0.3) is 5.91 Å². The van der Waals surface area contributed by atoms with E-state index in [4.69, 9.17) is 0 Å². The van der Waals surface area contributed by atoms with E-state index in [0.717, 1.165) is 30.0 Å². The quantitative estimate of drug-likeness (QED) is 0.799. The summed E-state index contributed by atoms with van der Waals surface area (Å²) in [7, 11) is -3.45. The van der Waals surface area contributed by atoms with Crippen molar-refractivity contribution in [1.29, 1.82) is 0 Å². The maximum atomic E-state index is 12.6. The molecule has 1 N–H and O–H groups in total. The lowest BCUT2D eigenvalue weighted by Gasteiger charge is -2.42. The molecule has 0 radical (unpaired) electrons. The van der Waals surface area contributed by atoms with Gasteiger partial charge >= 0.3 is 0 Å². The van der Waals surface area contributed by atoms with Gasteiger partial charge in [-0.1, -0.05) is 46.6 Å². The van der Waals surface area contributed by atoms with E-state index in [1.807, 2.05) is 12.1 Å². The highest BCUT2D eigenvalue weighted by Crippen LogP contribution is 2.43. The molecule has 1 aliphatic carbocycles. The molecule has 0 unspecified atom stereocenters. The molecular weight excluding hydrogens is 402 g/mol. The molecule has 2 aromatic rings. The van der Waals surface area contributed by atoms with Crippen LogP contribution in [0.1, 0.15) is 35.2 Å². The van der Waals surface area contributed by atoms with Gasteiger partial charge in [0.05, 0.1) is 10.5 Å². The van der Waals surface area contributed by atoms with Crippen molar-refractivity contribution in [2.75, 3.05) is 12.8 Å². The van der Waals surface area contributed by atoms with Gasteiger partial charge in [0.1, 0.15) is 0 Å². The van der Waals surface area contributed by atoms with E-state index in [-0.39, 0.29) is 21.8 Å². The van der Waals surface area contributed by atoms with E-state index >= 15 is 0 Å². The molecule has 0 aromatic heterocycles. The van der Waals surface area contributed by atoms with E-state index in [1.54, 1.807) is 18.2 Å². The van der Waals surface area contributed by atoms with Gasteiger partial charge in [-0.05, 0) is 42.7 Å². The van der Waals surface area contributed by atoms with Gasteiger partial charge in [0.15, 0.2) is 9.84 Å². The van der Waals surface area contributed by atoms with Crippen molar-refractivity contribution in [2.24, 2.45) is 0 Å². The first kappa shape index (κ1) is 18.1. The molecule has 0 atom stereocenters. The van der Waals surface area contributed by atoms with Crippen molar-refractivity contribution >= 4 is 31.7 Å². The minimum absolute atomic E-state index is 0.0672. The van der Waals surface area contributed by atoms with Gasteiger partial charge in [-0.15, -0.1) is 0 Å². The van der Waals surface area contributed by atoms with Crippen LogP contribution in [0.3, 0.4) is 0 Å². The summed E-state index contributed by atoms with van der Waals surface area (Å²) in [6.07, 6.45) is 4.27. The summed E-state index contributed by atoms with van der Waals surface area (Å²) in [5.41, 5.74) is 1.33. The van der Waals surface area contributed by atoms with Crippen molar-refractivity contribution in [3.8, 4) is 0 Å². The second-order valence-corrected chi connectivity index (χ2v) is 9.50. The Bertz CT molecular complexity index is 904. The highest BCUT2D eigenvalue weighted by Gasteiger charge is 2.39. The molecule has 1 aliphatic rings. The van der Waals surface area contributed by atoms with Gasteiger partial charge in [0.2, 0.25) is 0 Å². The molecule has 0 heterocycles. The van der Waals surface area contributed by atoms with E-state index in [2.05, 4.69) is 33.4 Å². The lowest BCUT2D eigenvalue weighted by atomic mass is 9.64. The third-order valence-corrected chi connectivity index (χ3v) is 6.51. The summed E-state index contributed by atoms with van der Waals surface area (Å²) >= 11 is 3.50. The maximum absolute atomic E-state index is 12.6. The fraction of sp³-hybridized carbons (Fsp3) is 0.316. The minimum Gasteiger partial charge on any atom is -0.351 e. The summed E-state index contributed by atoms with van der Waals surface area (Å²) in [5, 5.41) is 2.95. The minimum atomic E-state index is -3.45. The van der Waals surface area contributed by atoms with Crippen LogP contribution in [0.2, 0.25) is 0 Å². The molecular formula is C19H20BrNO3S. The summed E-state index contributed by atoms with van der Waals surface area (Å²) in [5.74, 6) is -0.345. The Morgan fingerprint density at radius 2 is 1.88 bits per heavy atom. The molecule has 4 nitrogen and oxygen atoms in total. The summed E-state index contributed by atoms with van der Waals surface area (Å²) < 4.78 is 24.8. The van der Waals surface area contributed by atoms with Crippen LogP contribution in [0.4, 0.5) is 0 Å². The summed E-state index contributed by atoms with van der Waals surface area (Å²) in [4.78, 5) is 12.7. The van der Waals surface area contributed by atoms with Crippen molar-refractivity contribution in [2.45, 2.75) is 29.6 Å². The highest BCUT2D eigenvalue weighted by atomic mass is 79.9. The van der Waals surface area contributed by atoms with Crippen LogP contribution in [-0.4, -0.2) is 27.1 Å². The molecule has 132 valence electrons. The normalized spacial score (nSPS) is 16.1. The van der Waals surface area contributed by atoms with Crippen LogP contribution in [-0.2, 0) is 15.3 Å². The number of carbonyl (C=O) groups excluding carboxylic acids is 1. The van der Waals surface area contributed by atoms with Crippen LogP contribution in [0.15, 0.2) is 57.9 Å². The Hall–Kier alpha value is -1.66. The lowest BCUT2D eigenvalue weighted by Crippen LogP contribution is -2.45. The molecule has 1 fully saturated rings. The second kappa shape index (κ2) is 6.92. The summed E-state index contributed by atoms with van der Waals surface area (Å²) in [6.45, 7) is 0.500. The Kier molecular flexibility index (Phi) is 5.02. The standard InChI is InChI=1S/C19H20BrNO3S/c1-25(23,24)17-9-3-2-8-16(17)18(22)21-13-19(10-5-11-19)14-6-4-7-15(20)12-14/h2-4,6-9,12H,5,10-11,13H2,1H3,(H,21,22). The molecule has 1 amide bonds. The maximum Gasteiger partial charge on any atom is 0.252 e. The van der Waals surface area contributed by atoms with Gasteiger partial charge < -0.3 is 5.32 Å². The molecule has 1 saturated carbocycles. The Morgan fingerprint density at radius 1 is 1.16 bits per heavy atom. The van der Waals surface area contributed by atoms with Crippen molar-refractivity contribution in [1.82, 2.24) is 5.32 Å². The van der Waals surface area contributed by atoms with Crippen molar-refractivity contribution in [3.05, 3.63) is 64.1 Å². The topological polar surface area (TPSA) is 63.2 Å². The predicted octanol–water partition coefficient (Wildman–Crippen LogP) is 3.70. The van der Waals surface area contributed by atoms with Crippen molar-refractivity contribution in [3.63, 3.8) is 0 Å². The molecule has 0 bridgehead atoms. The zero-order valence-electron chi connectivity index (χ0n) is 14.0. The smallest absolute Gasteiger partial charge is 0.252 e. The number of nitrogens with one attached hydrogen (secondary N) is 1. The van der Waals surface area contributed by atoms with Gasteiger partial charge in [-0.3, -0.25) is 4.79 Å². The van der Waals surface area contributed by atoms with E-state index < -0.39 is 9.84 Å². The fourth-order valence-electron chi connectivity index (χ4n) is 3.31. The average Bonchev–Trinajstić information content (AvgIpc) is 2.53. The Labute approximate surface area is 156 Å². The molecule has 0 spiro atoms. The van der Waals surface area contributed by atoms with Crippen LogP contribution in [0, 0.1) is 0 Å². The second-order valence-electron chi connectivity index (χ2n) is 6.60. The number of hydrogen-bond donors (Lipinski definition) is 1. The molecule has 2 aromatic carbocycles. The molecule has 0 saturated heterocycles. The van der Waals surface area contributed by atoms with E-state index in [9.17, 15) is 13.2 Å². The molecule has 6 heteroatoms. The zero-order valence-corrected chi connectivity index (χ0v) is 16.4. The van der Waals surface area contributed by atoms with Gasteiger partial charge in [0, 0.05) is 22.7 Å². The van der Waals surface area contributed by atoms with Crippen LogP contribution in [0.5, 0.6) is 0 Å². The molecule has 3 rings (SSSR count). The largest absolute Gasteiger partial charge is 0.351 e. The van der Waals surface area contributed by atoms with Crippen LogP contribution < -0.4 is 5.32 Å². The lowest BCUT2D eigenvalue weighted by molar-refractivity contribution is 0.0924. The first-order valence-electron chi connectivity index (χ1n) is 8.15. The SMILES string of the molecule is CS(=O)(=O)c1ccccc1C(=O)NCC1(c2cccc(Br)c2)CCC1. The number of carbonyl (C=O) groups is 1. The highest BCUT2D eigenvalue weighted by molar-refractivity contribution is 9.10. The van der Waals surface area contributed by atoms with Crippen molar-refractivity contribution < 1.29 is 13.2 Å². The third kappa shape index (κ3) is 3.80. The van der Waals surface area contributed by atoms with E-state index in [0.29, 0.717) is 6.54 Å². The Balaban J connectivity index is 1.81. The Morgan fingerprint density at radius 3 is 2.48 bits per heavy atom. The predicted molar refractivity (Wildman–Crippen MR) is 102 cm³/mol. The number of rotatable bonds is 5. The molecule has 25 heavy (non-hydrogen) atoms. The first-order chi connectivity index (χ1) is 11.8. The third-order valence-electron chi connectivity index (χ3n) is 4.87. The zero-order chi connectivity index (χ0) is 18.1. The number of halogens is 1. The van der Waals surface area contributed by atoms with Crippen LogP contribution in [0.25, 0.3) is 0 Å². The van der Waals surface area contributed by atoms with Crippen LogP contribution >= 0.6 is 15.9 Å². The molecule has 0 aliphatic heterocycles. The number of benzene rings is 2.